The monoisotopic (exact) mass is 700 g/mol. The second kappa shape index (κ2) is 16.5. The van der Waals surface area contributed by atoms with E-state index < -0.39 is 5.60 Å². The number of carbonyl (C=O) groups excluding carboxylic acids is 2. The predicted octanol–water partition coefficient (Wildman–Crippen LogP) is 6.40. The van der Waals surface area contributed by atoms with Gasteiger partial charge < -0.3 is 19.4 Å². The van der Waals surface area contributed by atoms with Crippen LogP contribution in [0, 0.1) is 0 Å². The maximum absolute atomic E-state index is 12.6. The first kappa shape index (κ1) is 36.9. The van der Waals surface area contributed by atoms with E-state index in [0.29, 0.717) is 24.4 Å². The minimum absolute atomic E-state index is 0.123. The van der Waals surface area contributed by atoms with Gasteiger partial charge in [-0.05, 0) is 64.9 Å². The molecule has 14 nitrogen and oxygen atoms in total. The highest BCUT2D eigenvalue weighted by Crippen LogP contribution is 2.32. The summed E-state index contributed by atoms with van der Waals surface area (Å²) >= 11 is 0. The van der Waals surface area contributed by atoms with Crippen molar-refractivity contribution in [3.05, 3.63) is 105 Å². The van der Waals surface area contributed by atoms with E-state index >= 15 is 0 Å². The standard InChI is InChI=1S/C19H20N4O3.C16H22N4O3.C2H6/c24-18-9-11-23-17(20-18)12-15(21-23)16-8-4-5-10-22(16)19(25)26-13-14-6-2-1-3-7-14;1-16(2,3)23-15(22)19-8-5-4-6-12(19)11-10-13-17-14(21)7-9-20(13)18-11;1-2/h1-3,6-7,9,11-12,16H,4-5,8,10,13H2,(H,20,24);7,9-10,12H,4-6,8H2,1-3H3,(H,17,21);1-2H3/t16-;12-;/m00./s1. The first-order valence-electron chi connectivity index (χ1n) is 17.7. The molecule has 14 heteroatoms. The number of likely N-dealkylation sites (tertiary alicyclic amines) is 2. The van der Waals surface area contributed by atoms with E-state index in [2.05, 4.69) is 20.2 Å². The molecule has 5 aromatic rings. The van der Waals surface area contributed by atoms with Crippen LogP contribution in [0.15, 0.2) is 76.6 Å². The summed E-state index contributed by atoms with van der Waals surface area (Å²) in [5.41, 5.74) is 2.88. The number of amides is 2. The zero-order valence-electron chi connectivity index (χ0n) is 30.0. The molecule has 2 amide bonds. The summed E-state index contributed by atoms with van der Waals surface area (Å²) in [6.45, 7) is 11.1. The molecule has 0 unspecified atom stereocenters. The van der Waals surface area contributed by atoms with E-state index in [-0.39, 0.29) is 42.0 Å². The number of fused-ring (bicyclic) bond motifs is 2. The highest BCUT2D eigenvalue weighted by Gasteiger charge is 2.33. The molecule has 2 N–H and O–H groups in total. The van der Waals surface area contributed by atoms with Crippen LogP contribution in [0.2, 0.25) is 0 Å². The maximum atomic E-state index is 12.6. The molecule has 2 aliphatic heterocycles. The quantitative estimate of drug-likeness (QED) is 0.218. The van der Waals surface area contributed by atoms with Gasteiger partial charge in [-0.15, -0.1) is 0 Å². The third-order valence-corrected chi connectivity index (χ3v) is 8.50. The average molecular weight is 701 g/mol. The van der Waals surface area contributed by atoms with E-state index in [1.165, 1.54) is 12.1 Å². The van der Waals surface area contributed by atoms with Crippen molar-refractivity contribution < 1.29 is 19.1 Å². The number of nitrogens with one attached hydrogen (secondary N) is 2. The molecular weight excluding hydrogens is 652 g/mol. The fourth-order valence-electron chi connectivity index (χ4n) is 6.22. The molecule has 1 aromatic carbocycles. The summed E-state index contributed by atoms with van der Waals surface area (Å²) in [4.78, 5) is 57.0. The first-order valence-corrected chi connectivity index (χ1v) is 17.7. The minimum Gasteiger partial charge on any atom is -0.445 e. The maximum Gasteiger partial charge on any atom is 0.410 e. The second-order valence-corrected chi connectivity index (χ2v) is 13.3. The van der Waals surface area contributed by atoms with Crippen LogP contribution in [0.3, 0.4) is 0 Å². The lowest BCUT2D eigenvalue weighted by atomic mass is 10.00. The molecule has 0 radical (unpaired) electrons. The molecule has 0 saturated carbocycles. The molecule has 51 heavy (non-hydrogen) atoms. The van der Waals surface area contributed by atoms with Crippen LogP contribution in [-0.4, -0.2) is 69.9 Å². The molecular formula is C37H48N8O6. The number of carbonyl (C=O) groups is 2. The van der Waals surface area contributed by atoms with Gasteiger partial charge in [0.05, 0.1) is 23.5 Å². The van der Waals surface area contributed by atoms with Gasteiger partial charge >= 0.3 is 12.2 Å². The number of H-pyrrole nitrogens is 2. The Morgan fingerprint density at radius 2 is 1.24 bits per heavy atom. The third-order valence-electron chi connectivity index (χ3n) is 8.50. The summed E-state index contributed by atoms with van der Waals surface area (Å²) in [6.07, 6.45) is 8.24. The zero-order valence-corrected chi connectivity index (χ0v) is 30.0. The number of piperidine rings is 2. The summed E-state index contributed by atoms with van der Waals surface area (Å²) < 4.78 is 14.3. The molecule has 4 aromatic heterocycles. The smallest absolute Gasteiger partial charge is 0.410 e. The van der Waals surface area contributed by atoms with E-state index in [0.717, 1.165) is 55.5 Å². The predicted molar refractivity (Wildman–Crippen MR) is 192 cm³/mol. The highest BCUT2D eigenvalue weighted by atomic mass is 16.6. The molecule has 7 rings (SSSR count). The van der Waals surface area contributed by atoms with Crippen LogP contribution in [-0.2, 0) is 16.1 Å². The number of aromatic amines is 2. The summed E-state index contributed by atoms with van der Waals surface area (Å²) in [7, 11) is 0. The average Bonchev–Trinajstić information content (AvgIpc) is 3.75. The minimum atomic E-state index is -0.525. The van der Waals surface area contributed by atoms with Crippen LogP contribution in [0.5, 0.6) is 0 Å². The fourth-order valence-corrected chi connectivity index (χ4v) is 6.22. The van der Waals surface area contributed by atoms with Crippen molar-refractivity contribution >= 4 is 23.5 Å². The van der Waals surface area contributed by atoms with Gasteiger partial charge in [-0.1, -0.05) is 44.2 Å². The Labute approximate surface area is 296 Å². The van der Waals surface area contributed by atoms with Crippen molar-refractivity contribution in [3.63, 3.8) is 0 Å². The number of rotatable bonds is 4. The Hall–Kier alpha value is -5.40. The van der Waals surface area contributed by atoms with Crippen molar-refractivity contribution in [2.75, 3.05) is 13.1 Å². The van der Waals surface area contributed by atoms with Gasteiger partial charge in [-0.3, -0.25) is 19.4 Å². The normalized spacial score (nSPS) is 17.6. The molecule has 0 bridgehead atoms. The first-order chi connectivity index (χ1) is 24.5. The van der Waals surface area contributed by atoms with Gasteiger partial charge in [0.15, 0.2) is 0 Å². The van der Waals surface area contributed by atoms with Gasteiger partial charge in [0.2, 0.25) is 0 Å². The second-order valence-electron chi connectivity index (χ2n) is 13.3. The highest BCUT2D eigenvalue weighted by molar-refractivity contribution is 5.69. The zero-order chi connectivity index (χ0) is 36.5. The van der Waals surface area contributed by atoms with Crippen LogP contribution in [0.1, 0.15) is 102 Å². The van der Waals surface area contributed by atoms with Crippen LogP contribution in [0.25, 0.3) is 11.3 Å². The number of benzene rings is 1. The van der Waals surface area contributed by atoms with Gasteiger partial charge in [0.25, 0.3) is 11.1 Å². The fraction of sp³-hybridized carbons (Fsp3) is 0.459. The van der Waals surface area contributed by atoms with Crippen molar-refractivity contribution in [3.8, 4) is 0 Å². The molecule has 272 valence electrons. The van der Waals surface area contributed by atoms with Crippen molar-refractivity contribution in [2.24, 2.45) is 0 Å². The van der Waals surface area contributed by atoms with Gasteiger partial charge in [0, 0.05) is 49.7 Å². The Balaban J connectivity index is 0.000000190. The largest absolute Gasteiger partial charge is 0.445 e. The number of aromatic nitrogens is 6. The van der Waals surface area contributed by atoms with E-state index in [4.69, 9.17) is 9.47 Å². The Bertz CT molecular complexity index is 2030. The number of hydrogen-bond donors (Lipinski definition) is 2. The molecule has 0 aliphatic carbocycles. The molecule has 2 aliphatic rings. The van der Waals surface area contributed by atoms with Gasteiger partial charge in [-0.2, -0.15) is 10.2 Å². The number of hydrogen-bond acceptors (Lipinski definition) is 8. The summed E-state index contributed by atoms with van der Waals surface area (Å²) in [5, 5.41) is 9.03. The van der Waals surface area contributed by atoms with Crippen molar-refractivity contribution in [1.29, 1.82) is 0 Å². The lowest BCUT2D eigenvalue weighted by molar-refractivity contribution is 0.00896. The molecule has 0 spiro atoms. The SMILES string of the molecule is CC.CC(C)(C)OC(=O)N1CCCC[C@H]1c1cc2[nH]c(=O)ccn2n1.O=C(OCc1ccccc1)N1CCCC[C@H]1c1cc2[nH]c(=O)ccn2n1. The lowest BCUT2D eigenvalue weighted by Crippen LogP contribution is -2.42. The molecule has 2 fully saturated rings. The van der Waals surface area contributed by atoms with Crippen LogP contribution >= 0.6 is 0 Å². The summed E-state index contributed by atoms with van der Waals surface area (Å²) in [6, 6.07) is 15.9. The van der Waals surface area contributed by atoms with E-state index in [1.54, 1.807) is 31.2 Å². The Morgan fingerprint density at radius 1 is 0.745 bits per heavy atom. The topological polar surface area (TPSA) is 159 Å². The van der Waals surface area contributed by atoms with Crippen LogP contribution in [0.4, 0.5) is 9.59 Å². The van der Waals surface area contributed by atoms with Crippen molar-refractivity contribution in [1.82, 2.24) is 39.0 Å². The summed E-state index contributed by atoms with van der Waals surface area (Å²) in [5.74, 6) is 0. The van der Waals surface area contributed by atoms with E-state index in [1.807, 2.05) is 77.1 Å². The van der Waals surface area contributed by atoms with Gasteiger partial charge in [0.1, 0.15) is 23.5 Å². The Morgan fingerprint density at radius 3 is 1.73 bits per heavy atom. The number of nitrogens with zero attached hydrogens (tertiary/aromatic N) is 6. The number of ether oxygens (including phenoxy) is 2. The van der Waals surface area contributed by atoms with Crippen LogP contribution < -0.4 is 11.1 Å². The lowest BCUT2D eigenvalue weighted by Gasteiger charge is -2.35. The van der Waals surface area contributed by atoms with E-state index in [9.17, 15) is 19.2 Å². The Kier molecular flexibility index (Phi) is 12.0. The molecule has 2 saturated heterocycles. The van der Waals surface area contributed by atoms with Crippen molar-refractivity contribution in [2.45, 2.75) is 97.4 Å². The third kappa shape index (κ3) is 9.44. The molecule has 6 heterocycles. The molecule has 2 atom stereocenters. The van der Waals surface area contributed by atoms with Gasteiger partial charge in [-0.25, -0.2) is 18.6 Å².